The summed E-state index contributed by atoms with van der Waals surface area (Å²) in [6.07, 6.45) is -4.17. The van der Waals surface area contributed by atoms with E-state index >= 15 is 0 Å². The molecule has 22 N–H and O–H groups in total. The van der Waals surface area contributed by atoms with E-state index in [9.17, 15) is 0 Å². The van der Waals surface area contributed by atoms with Crippen molar-refractivity contribution in [2.75, 3.05) is 0 Å². The van der Waals surface area contributed by atoms with Crippen molar-refractivity contribution in [2.45, 2.75) is 0 Å². The second-order valence-corrected chi connectivity index (χ2v) is 0.532. The number of carboxylic acid groups (broad SMARTS) is 4. The molecule has 0 saturated heterocycles. The van der Waals surface area contributed by atoms with Gasteiger partial charge in [-0.3, -0.25) is 0 Å². The van der Waals surface area contributed by atoms with E-state index in [1.165, 1.54) is 0 Å². The van der Waals surface area contributed by atoms with Crippen molar-refractivity contribution in [3.63, 3.8) is 0 Å². The molecule has 0 radical (unpaired) electrons. The summed E-state index contributed by atoms with van der Waals surface area (Å²) in [6.45, 7) is 0. The first-order valence-corrected chi connectivity index (χ1v) is 1.26. The predicted molar refractivity (Wildman–Crippen MR) is 52.2 cm³/mol. The summed E-state index contributed by atoms with van der Waals surface area (Å²) in [5, 5.41) is 30.6. The molecule has 0 amide bonds. The fourth-order valence-corrected chi connectivity index (χ4v) is 0. The molecule has 0 unspecified atom stereocenters. The smallest absolute Gasteiger partial charge is 0.565 e. The van der Waals surface area contributed by atoms with Crippen LogP contribution in [0.3, 0.4) is 0 Å². The van der Waals surface area contributed by atoms with E-state index in [0.29, 0.717) is 0 Å². The van der Waals surface area contributed by atoms with Crippen LogP contribution >= 0.6 is 0 Å². The molecule has 16 nitrogen and oxygen atoms in total. The van der Waals surface area contributed by atoms with Crippen LogP contribution in [0, 0.1) is 0 Å². The molecule has 0 aliphatic heterocycles. The van der Waals surface area contributed by atoms with Crippen molar-refractivity contribution >= 4 is 12.3 Å². The molecular weight excluding hydrogens is 326 g/mol. The Labute approximate surface area is 155 Å². The summed E-state index contributed by atoms with van der Waals surface area (Å²) in [4.78, 5) is 16.9. The van der Waals surface area contributed by atoms with Crippen LogP contribution in [0.1, 0.15) is 0 Å². The molecular formula is C2H22Na2O16. The van der Waals surface area contributed by atoms with Gasteiger partial charge in [0.2, 0.25) is 12.3 Å². The molecule has 0 heterocycles. The Balaban J connectivity index is -0.00000000187. The van der Waals surface area contributed by atoms with Crippen molar-refractivity contribution < 1.29 is 144 Å². The Morgan fingerprint density at radius 1 is 0.500 bits per heavy atom. The molecule has 20 heavy (non-hydrogen) atoms. The Kier molecular flexibility index (Phi) is 1630. The fourth-order valence-electron chi connectivity index (χ4n) is 0. The molecule has 0 atom stereocenters. The SMILES string of the molecule is O.O.O.O.O.O.O.O.O.O.O=C([O-])O.O=C([O-])O.[Na+].[Na+]. The van der Waals surface area contributed by atoms with Crippen LogP contribution in [-0.2, 0) is 0 Å². The summed E-state index contributed by atoms with van der Waals surface area (Å²) < 4.78 is 0. The molecule has 0 rings (SSSR count). The first-order valence-electron chi connectivity index (χ1n) is 1.26. The Bertz CT molecular complexity index is 76.5. The maximum absolute atomic E-state index is 8.44. The van der Waals surface area contributed by atoms with Crippen molar-refractivity contribution in [3.05, 3.63) is 0 Å². The van der Waals surface area contributed by atoms with Crippen molar-refractivity contribution in [3.8, 4) is 0 Å². The van der Waals surface area contributed by atoms with Gasteiger partial charge in [-0.05, 0) is 0 Å². The zero-order valence-electron chi connectivity index (χ0n) is 10.5. The average Bonchev–Trinajstić information content (AvgIpc) is 1.25. The number of rotatable bonds is 0. The molecule has 128 valence electrons. The summed E-state index contributed by atoms with van der Waals surface area (Å²) in [5.41, 5.74) is 0. The van der Waals surface area contributed by atoms with Gasteiger partial charge in [0.05, 0.1) is 0 Å². The summed E-state index contributed by atoms with van der Waals surface area (Å²) in [6, 6.07) is 0. The molecule has 0 aromatic heterocycles. The van der Waals surface area contributed by atoms with Crippen LogP contribution in [0.2, 0.25) is 0 Å². The van der Waals surface area contributed by atoms with Crippen LogP contribution in [-0.4, -0.2) is 77.3 Å². The topological polar surface area (TPSA) is 436 Å². The molecule has 0 aliphatic rings. The van der Waals surface area contributed by atoms with Gasteiger partial charge < -0.3 is 84.8 Å². The average molecular weight is 348 g/mol. The van der Waals surface area contributed by atoms with E-state index in [4.69, 9.17) is 30.0 Å². The second-order valence-electron chi connectivity index (χ2n) is 0.532. The first kappa shape index (κ1) is 196. The standard InChI is InChI=1S/2CH2O3.2Na.10H2O/c2*2-1(3)4;;;;;;;;;;;;/h2*(H2,2,3,4);;;10*1H2/q;;2*+1;;;;;;;;;;/p-2. The van der Waals surface area contributed by atoms with Crippen LogP contribution in [0.4, 0.5) is 9.59 Å². The van der Waals surface area contributed by atoms with Crippen LogP contribution in [0.5, 0.6) is 0 Å². The summed E-state index contributed by atoms with van der Waals surface area (Å²) in [7, 11) is 0. The van der Waals surface area contributed by atoms with E-state index in [-0.39, 0.29) is 114 Å². The van der Waals surface area contributed by atoms with Gasteiger partial charge in [0.15, 0.2) is 0 Å². The van der Waals surface area contributed by atoms with Gasteiger partial charge in [0.1, 0.15) is 0 Å². The zero-order valence-corrected chi connectivity index (χ0v) is 14.5. The van der Waals surface area contributed by atoms with E-state index < -0.39 is 12.3 Å². The van der Waals surface area contributed by atoms with Crippen molar-refractivity contribution in [2.24, 2.45) is 0 Å². The molecule has 18 heteroatoms. The van der Waals surface area contributed by atoms with Gasteiger partial charge in [-0.1, -0.05) is 0 Å². The largest absolute Gasteiger partial charge is 1.00 e. The van der Waals surface area contributed by atoms with Crippen molar-refractivity contribution in [1.82, 2.24) is 0 Å². The van der Waals surface area contributed by atoms with E-state index in [2.05, 4.69) is 0 Å². The van der Waals surface area contributed by atoms with Gasteiger partial charge in [-0.15, -0.1) is 0 Å². The summed E-state index contributed by atoms with van der Waals surface area (Å²) in [5.74, 6) is 0. The van der Waals surface area contributed by atoms with E-state index in [1.807, 2.05) is 0 Å². The third-order valence-corrected chi connectivity index (χ3v) is 0. The second kappa shape index (κ2) is 167. The van der Waals surface area contributed by atoms with Crippen LogP contribution in [0.15, 0.2) is 0 Å². The maximum Gasteiger partial charge on any atom is 1.00 e. The molecule has 0 aromatic carbocycles. The van der Waals surface area contributed by atoms with E-state index in [1.54, 1.807) is 0 Å². The predicted octanol–water partition coefficient (Wildman–Crippen LogP) is -16.5. The molecule has 0 aromatic rings. The third kappa shape index (κ3) is 272000. The molecule has 0 aliphatic carbocycles. The van der Waals surface area contributed by atoms with E-state index in [0.717, 1.165) is 0 Å². The Hall–Kier alpha value is 0.140. The van der Waals surface area contributed by atoms with Crippen molar-refractivity contribution in [1.29, 1.82) is 0 Å². The van der Waals surface area contributed by atoms with Gasteiger partial charge in [0.25, 0.3) is 0 Å². The number of carbonyl (C=O) groups is 2. The minimum absolute atomic E-state index is 0. The Morgan fingerprint density at radius 2 is 0.500 bits per heavy atom. The molecule has 0 saturated carbocycles. The zero-order chi connectivity index (χ0) is 7.15. The monoisotopic (exact) mass is 348 g/mol. The van der Waals surface area contributed by atoms with Gasteiger partial charge in [-0.25, -0.2) is 0 Å². The number of hydrogen-bond acceptors (Lipinski definition) is 4. The van der Waals surface area contributed by atoms with Gasteiger partial charge >= 0.3 is 59.1 Å². The maximum atomic E-state index is 8.44. The number of hydrogen-bond donors (Lipinski definition) is 2. The van der Waals surface area contributed by atoms with Crippen LogP contribution < -0.4 is 69.3 Å². The third-order valence-electron chi connectivity index (χ3n) is 0. The minimum atomic E-state index is -2.08. The molecule has 0 spiro atoms. The normalized spacial score (nSPS) is 2.40. The van der Waals surface area contributed by atoms with Gasteiger partial charge in [0, 0.05) is 0 Å². The Morgan fingerprint density at radius 3 is 0.500 bits per heavy atom. The first-order chi connectivity index (χ1) is 3.46. The minimum Gasteiger partial charge on any atom is -0.565 e. The molecule has 0 fully saturated rings. The molecule has 0 bridgehead atoms. The van der Waals surface area contributed by atoms with Crippen LogP contribution in [0.25, 0.3) is 0 Å². The summed E-state index contributed by atoms with van der Waals surface area (Å²) >= 11 is 0. The quantitative estimate of drug-likeness (QED) is 0.399. The fraction of sp³-hybridized carbons (Fsp3) is 0. The van der Waals surface area contributed by atoms with Gasteiger partial charge in [-0.2, -0.15) is 0 Å².